The van der Waals surface area contributed by atoms with E-state index in [4.69, 9.17) is 4.98 Å². The molecule has 6 nitrogen and oxygen atoms in total. The number of aryl methyl sites for hydroxylation is 1. The topological polar surface area (TPSA) is 74.2 Å². The van der Waals surface area contributed by atoms with Gasteiger partial charge < -0.3 is 19.6 Å². The molecule has 2 N–H and O–H groups in total. The van der Waals surface area contributed by atoms with E-state index in [1.807, 2.05) is 59.8 Å². The van der Waals surface area contributed by atoms with Crippen molar-refractivity contribution in [1.82, 2.24) is 19.4 Å². The zero-order valence-corrected chi connectivity index (χ0v) is 16.4. The van der Waals surface area contributed by atoms with E-state index in [1.165, 1.54) is 0 Å². The zero-order chi connectivity index (χ0) is 20.1. The van der Waals surface area contributed by atoms with Gasteiger partial charge in [-0.3, -0.25) is 4.79 Å². The number of phenols is 1. The Labute approximate surface area is 168 Å². The first kappa shape index (κ1) is 17.6. The molecule has 6 heteroatoms. The van der Waals surface area contributed by atoms with Crippen molar-refractivity contribution >= 4 is 16.8 Å². The van der Waals surface area contributed by atoms with Crippen molar-refractivity contribution < 1.29 is 9.90 Å². The Morgan fingerprint density at radius 1 is 1.17 bits per heavy atom. The Balaban J connectivity index is 1.49. The maximum atomic E-state index is 13.4. The minimum atomic E-state index is -0.0137. The number of rotatable bonds is 2. The number of amides is 1. The number of carbonyl (C=O) groups is 1. The van der Waals surface area contributed by atoms with Gasteiger partial charge in [-0.05, 0) is 25.1 Å². The van der Waals surface area contributed by atoms with Crippen LogP contribution in [0.3, 0.4) is 0 Å². The molecular formula is C23H22N4O2. The summed E-state index contributed by atoms with van der Waals surface area (Å²) >= 11 is 0. The minimum Gasteiger partial charge on any atom is -0.508 e. The summed E-state index contributed by atoms with van der Waals surface area (Å²) in [5, 5.41) is 10.7. The summed E-state index contributed by atoms with van der Waals surface area (Å²) in [6.45, 7) is 3.07. The Hall–Kier alpha value is -3.54. The first-order valence-corrected chi connectivity index (χ1v) is 9.73. The van der Waals surface area contributed by atoms with E-state index < -0.39 is 0 Å². The third-order valence-electron chi connectivity index (χ3n) is 5.86. The zero-order valence-electron chi connectivity index (χ0n) is 16.4. The van der Waals surface area contributed by atoms with Crippen LogP contribution in [-0.2, 0) is 20.0 Å². The number of aromatic amines is 1. The molecule has 2 aromatic carbocycles. The molecule has 0 saturated carbocycles. The van der Waals surface area contributed by atoms with Crippen molar-refractivity contribution in [3.63, 3.8) is 0 Å². The van der Waals surface area contributed by atoms with Crippen LogP contribution in [0.1, 0.15) is 27.4 Å². The first-order chi connectivity index (χ1) is 14.0. The molecule has 0 spiro atoms. The van der Waals surface area contributed by atoms with Crippen LogP contribution in [0.5, 0.6) is 5.75 Å². The molecule has 0 saturated heterocycles. The predicted molar refractivity (Wildman–Crippen MR) is 112 cm³/mol. The summed E-state index contributed by atoms with van der Waals surface area (Å²) in [7, 11) is 1.95. The number of nitrogens with one attached hydrogen (secondary N) is 1. The highest BCUT2D eigenvalue weighted by atomic mass is 16.3. The van der Waals surface area contributed by atoms with Gasteiger partial charge in [0.2, 0.25) is 0 Å². The van der Waals surface area contributed by atoms with E-state index in [9.17, 15) is 9.90 Å². The van der Waals surface area contributed by atoms with Crippen LogP contribution in [0, 0.1) is 6.92 Å². The lowest BCUT2D eigenvalue weighted by Crippen LogP contribution is -2.36. The largest absolute Gasteiger partial charge is 0.508 e. The number of hydrogen-bond acceptors (Lipinski definition) is 3. The molecule has 0 unspecified atom stereocenters. The fourth-order valence-corrected chi connectivity index (χ4v) is 4.19. The van der Waals surface area contributed by atoms with E-state index in [0.29, 0.717) is 18.7 Å². The van der Waals surface area contributed by atoms with Crippen molar-refractivity contribution in [3.8, 4) is 17.1 Å². The number of aromatic nitrogens is 3. The van der Waals surface area contributed by atoms with Gasteiger partial charge in [0.05, 0.1) is 23.5 Å². The van der Waals surface area contributed by atoms with E-state index in [2.05, 4.69) is 4.98 Å². The molecule has 0 bridgehead atoms. The molecule has 29 heavy (non-hydrogen) atoms. The fourth-order valence-electron chi connectivity index (χ4n) is 4.19. The SMILES string of the molecule is Cc1c(C(=O)N2CCc3nc(-c4ccccc4)[nH]c3C2)c2cc(O)ccc2n1C. The second-order valence-electron chi connectivity index (χ2n) is 7.57. The highest BCUT2D eigenvalue weighted by Crippen LogP contribution is 2.31. The average molecular weight is 386 g/mol. The summed E-state index contributed by atoms with van der Waals surface area (Å²) in [5.41, 5.74) is 5.56. The Bertz CT molecular complexity index is 1240. The standard InChI is InChI=1S/C23H22N4O2/c1-14-21(17-12-16(28)8-9-20(17)26(14)2)23(29)27-11-10-18-19(13-27)25-22(24-18)15-6-4-3-5-7-15/h3-9,12,28H,10-11,13H2,1-2H3,(H,24,25). The van der Waals surface area contributed by atoms with Gasteiger partial charge in [-0.2, -0.15) is 0 Å². The van der Waals surface area contributed by atoms with Crippen LogP contribution < -0.4 is 0 Å². The second-order valence-corrected chi connectivity index (χ2v) is 7.57. The van der Waals surface area contributed by atoms with Gasteiger partial charge in [-0.25, -0.2) is 4.98 Å². The molecule has 1 aliphatic rings. The maximum absolute atomic E-state index is 13.4. The molecule has 0 fully saturated rings. The van der Waals surface area contributed by atoms with Crippen LogP contribution in [0.25, 0.3) is 22.3 Å². The van der Waals surface area contributed by atoms with Gasteiger partial charge in [-0.1, -0.05) is 30.3 Å². The molecule has 1 amide bonds. The number of aromatic hydroxyl groups is 1. The minimum absolute atomic E-state index is 0.0137. The normalized spacial score (nSPS) is 13.7. The second kappa shape index (κ2) is 6.51. The van der Waals surface area contributed by atoms with Crippen molar-refractivity contribution in [1.29, 1.82) is 0 Å². The third-order valence-corrected chi connectivity index (χ3v) is 5.86. The van der Waals surface area contributed by atoms with Crippen molar-refractivity contribution in [2.75, 3.05) is 6.54 Å². The predicted octanol–water partition coefficient (Wildman–Crippen LogP) is 3.78. The first-order valence-electron chi connectivity index (χ1n) is 9.73. The average Bonchev–Trinajstić information content (AvgIpc) is 3.27. The number of hydrogen-bond donors (Lipinski definition) is 2. The number of benzene rings is 2. The van der Waals surface area contributed by atoms with Crippen molar-refractivity contribution in [2.24, 2.45) is 7.05 Å². The lowest BCUT2D eigenvalue weighted by molar-refractivity contribution is 0.0733. The third kappa shape index (κ3) is 2.79. The Kier molecular flexibility index (Phi) is 3.94. The smallest absolute Gasteiger partial charge is 0.256 e. The van der Waals surface area contributed by atoms with E-state index in [-0.39, 0.29) is 11.7 Å². The van der Waals surface area contributed by atoms with Gasteiger partial charge in [0.25, 0.3) is 5.91 Å². The number of fused-ring (bicyclic) bond motifs is 2. The van der Waals surface area contributed by atoms with Crippen LogP contribution in [0.4, 0.5) is 0 Å². The van der Waals surface area contributed by atoms with Crippen LogP contribution in [0.15, 0.2) is 48.5 Å². The molecule has 4 aromatic rings. The summed E-state index contributed by atoms with van der Waals surface area (Å²) in [6, 6.07) is 15.2. The number of phenolic OH excluding ortho intramolecular Hbond substituents is 1. The Morgan fingerprint density at radius 2 is 1.97 bits per heavy atom. The molecule has 146 valence electrons. The molecule has 2 aromatic heterocycles. The van der Waals surface area contributed by atoms with Gasteiger partial charge in [0.1, 0.15) is 11.6 Å². The monoisotopic (exact) mass is 386 g/mol. The number of imidazole rings is 1. The van der Waals surface area contributed by atoms with Crippen molar-refractivity contribution in [2.45, 2.75) is 19.9 Å². The van der Waals surface area contributed by atoms with Gasteiger partial charge >= 0.3 is 0 Å². The Morgan fingerprint density at radius 3 is 2.76 bits per heavy atom. The van der Waals surface area contributed by atoms with E-state index in [0.717, 1.165) is 45.8 Å². The van der Waals surface area contributed by atoms with E-state index in [1.54, 1.807) is 12.1 Å². The summed E-state index contributed by atoms with van der Waals surface area (Å²) in [5.74, 6) is 0.996. The lowest BCUT2D eigenvalue weighted by atomic mass is 10.1. The molecule has 0 atom stereocenters. The molecular weight excluding hydrogens is 364 g/mol. The van der Waals surface area contributed by atoms with E-state index >= 15 is 0 Å². The van der Waals surface area contributed by atoms with Crippen LogP contribution in [-0.4, -0.2) is 37.0 Å². The molecule has 5 rings (SSSR count). The molecule has 1 aliphatic heterocycles. The maximum Gasteiger partial charge on any atom is 0.256 e. The summed E-state index contributed by atoms with van der Waals surface area (Å²) in [4.78, 5) is 23.4. The molecule has 3 heterocycles. The molecule has 0 aliphatic carbocycles. The quantitative estimate of drug-likeness (QED) is 0.551. The van der Waals surface area contributed by atoms with Gasteiger partial charge in [-0.15, -0.1) is 0 Å². The summed E-state index contributed by atoms with van der Waals surface area (Å²) < 4.78 is 2.00. The number of H-pyrrole nitrogens is 1. The van der Waals surface area contributed by atoms with Crippen molar-refractivity contribution in [3.05, 3.63) is 71.2 Å². The molecule has 0 radical (unpaired) electrons. The number of nitrogens with zero attached hydrogens (tertiary/aromatic N) is 3. The lowest BCUT2D eigenvalue weighted by Gasteiger charge is -2.26. The van der Waals surface area contributed by atoms with Crippen LogP contribution >= 0.6 is 0 Å². The highest BCUT2D eigenvalue weighted by molar-refractivity contribution is 6.08. The highest BCUT2D eigenvalue weighted by Gasteiger charge is 2.28. The van der Waals surface area contributed by atoms with Gasteiger partial charge in [0.15, 0.2) is 0 Å². The van der Waals surface area contributed by atoms with Crippen LogP contribution in [0.2, 0.25) is 0 Å². The fraction of sp³-hybridized carbons (Fsp3) is 0.217. The van der Waals surface area contributed by atoms with Gasteiger partial charge in [0, 0.05) is 42.2 Å². The summed E-state index contributed by atoms with van der Waals surface area (Å²) in [6.07, 6.45) is 0.722. The number of carbonyl (C=O) groups excluding carboxylic acids is 1.